The largest absolute Gasteiger partial charge is 0.479 e. The summed E-state index contributed by atoms with van der Waals surface area (Å²) in [5, 5.41) is 6.64. The zero-order valence-corrected chi connectivity index (χ0v) is 20.2. The summed E-state index contributed by atoms with van der Waals surface area (Å²) in [6.07, 6.45) is 1.94. The third-order valence-electron chi connectivity index (χ3n) is 4.32. The molecule has 0 aliphatic carbocycles. The molecule has 1 aromatic heterocycles. The Kier molecular flexibility index (Phi) is 7.28. The highest BCUT2D eigenvalue weighted by Crippen LogP contribution is 2.35. The van der Waals surface area contributed by atoms with Gasteiger partial charge < -0.3 is 20.1 Å². The van der Waals surface area contributed by atoms with Crippen LogP contribution >= 0.6 is 11.6 Å². The van der Waals surface area contributed by atoms with E-state index in [0.29, 0.717) is 33.1 Å². The Hall–Kier alpha value is -3.11. The molecule has 0 saturated heterocycles. The third kappa shape index (κ3) is 6.45. The van der Waals surface area contributed by atoms with Crippen molar-refractivity contribution in [2.45, 2.75) is 32.9 Å². The first kappa shape index (κ1) is 24.5. The van der Waals surface area contributed by atoms with Gasteiger partial charge in [0.15, 0.2) is 6.10 Å². The van der Waals surface area contributed by atoms with Crippen LogP contribution in [0.5, 0.6) is 5.75 Å². The van der Waals surface area contributed by atoms with E-state index in [-0.39, 0.29) is 17.7 Å². The highest BCUT2D eigenvalue weighted by Gasteiger charge is 2.19. The number of carbonyl (C=O) groups is 1. The molecule has 2 atom stereocenters. The van der Waals surface area contributed by atoms with E-state index in [2.05, 4.69) is 31.2 Å². The van der Waals surface area contributed by atoms with Gasteiger partial charge in [-0.15, -0.1) is 0 Å². The lowest BCUT2D eigenvalue weighted by molar-refractivity contribution is -0.127. The van der Waals surface area contributed by atoms with Crippen molar-refractivity contribution in [1.29, 1.82) is 0 Å². The molecule has 2 aromatic carbocycles. The van der Waals surface area contributed by atoms with Crippen LogP contribution < -0.4 is 20.1 Å². The zero-order chi connectivity index (χ0) is 24.3. The summed E-state index contributed by atoms with van der Waals surface area (Å²) in [7, 11) is -2.51. The van der Waals surface area contributed by atoms with Crippen molar-refractivity contribution in [1.82, 2.24) is 15.3 Å². The minimum atomic E-state index is -2.51. The van der Waals surface area contributed by atoms with E-state index in [9.17, 15) is 13.4 Å². The molecular weight excluding hydrogens is 469 g/mol. The van der Waals surface area contributed by atoms with Crippen LogP contribution in [0.15, 0.2) is 36.7 Å². The number of ether oxygens (including phenoxy) is 1. The van der Waals surface area contributed by atoms with E-state index in [4.69, 9.17) is 16.3 Å². The van der Waals surface area contributed by atoms with Gasteiger partial charge in [0.2, 0.25) is 0 Å². The van der Waals surface area contributed by atoms with Crippen LogP contribution in [0.1, 0.15) is 20.8 Å². The monoisotopic (exact) mass is 493 g/mol. The Morgan fingerprint density at radius 1 is 1.21 bits per heavy atom. The average Bonchev–Trinajstić information content (AvgIpc) is 2.68. The van der Waals surface area contributed by atoms with Gasteiger partial charge in [-0.25, -0.2) is 18.6 Å². The minimum absolute atomic E-state index is 0.0628. The van der Waals surface area contributed by atoms with E-state index in [0.717, 1.165) is 0 Å². The summed E-state index contributed by atoms with van der Waals surface area (Å²) in [5.74, 6) is 3.20. The number of aromatic nitrogens is 2. The number of rotatable bonds is 8. The summed E-state index contributed by atoms with van der Waals surface area (Å²) in [6, 6.07) is 7.11. The van der Waals surface area contributed by atoms with Gasteiger partial charge in [-0.2, -0.15) is 0 Å². The van der Waals surface area contributed by atoms with Crippen LogP contribution in [0.3, 0.4) is 0 Å². The van der Waals surface area contributed by atoms with Crippen LogP contribution in [0.4, 0.5) is 21.6 Å². The van der Waals surface area contributed by atoms with Crippen LogP contribution in [0.25, 0.3) is 10.9 Å². The Balaban J connectivity index is 1.96. The second-order valence-corrected chi connectivity index (χ2v) is 10.5. The highest BCUT2D eigenvalue weighted by molar-refractivity contribution is 8.00. The fourth-order valence-electron chi connectivity index (χ4n) is 3.02. The van der Waals surface area contributed by atoms with E-state index >= 15 is 0 Å². The number of fused-ring (bicyclic) bond motifs is 1. The Labute approximate surface area is 197 Å². The molecule has 0 spiro atoms. The summed E-state index contributed by atoms with van der Waals surface area (Å²) < 4.78 is 34.5. The second kappa shape index (κ2) is 9.80. The van der Waals surface area contributed by atoms with Crippen molar-refractivity contribution in [2.24, 2.45) is 0 Å². The zero-order valence-electron chi connectivity index (χ0n) is 18.6. The number of nitrogens with zero attached hydrogens (tertiary/aromatic N) is 2. The maximum Gasteiger partial charge on any atom is 0.260 e. The lowest BCUT2D eigenvalue weighted by Gasteiger charge is -2.19. The summed E-state index contributed by atoms with van der Waals surface area (Å²) in [5.41, 5.74) is 1.36. The number of carbonyl (C=O) groups excluding carboxylic acids is 1. The van der Waals surface area contributed by atoms with Crippen LogP contribution in [-0.4, -0.2) is 44.4 Å². The number of halogens is 2. The number of hydrogen-bond donors (Lipinski definition) is 3. The first-order valence-electron chi connectivity index (χ1n) is 10.0. The van der Waals surface area contributed by atoms with E-state index < -0.39 is 21.6 Å². The number of nitrogens with one attached hydrogen (secondary N) is 3. The molecule has 1 unspecified atom stereocenters. The standard InChI is InChI=1S/C22H25ClFN5O3S/c1-12(2)27-22(30)13(3)32-19-8-14(24)6-7-17(19)28-21-20-16(23)9-15(29-33(4,5)31)10-18(20)25-11-26-21/h6-13H,4H2,1-3,5H3,(H,27,30)(H,29,31)(H,25,26,28)/t13-,33?/m1/s1. The molecule has 176 valence electrons. The van der Waals surface area contributed by atoms with Crippen LogP contribution in [0.2, 0.25) is 5.02 Å². The van der Waals surface area contributed by atoms with Gasteiger partial charge in [0.1, 0.15) is 23.7 Å². The predicted molar refractivity (Wildman–Crippen MR) is 132 cm³/mol. The minimum Gasteiger partial charge on any atom is -0.479 e. The van der Waals surface area contributed by atoms with Crippen LogP contribution in [-0.2, 0) is 14.5 Å². The molecule has 0 radical (unpaired) electrons. The molecule has 3 rings (SSSR count). The molecule has 3 aromatic rings. The quantitative estimate of drug-likeness (QED) is 0.407. The van der Waals surface area contributed by atoms with Gasteiger partial charge in [0.05, 0.1) is 21.6 Å². The van der Waals surface area contributed by atoms with E-state index in [1.807, 2.05) is 13.8 Å². The van der Waals surface area contributed by atoms with Crippen molar-refractivity contribution < 1.29 is 18.1 Å². The normalized spacial score (nSPS) is 13.9. The van der Waals surface area contributed by atoms with Crippen molar-refractivity contribution in [2.75, 3.05) is 16.3 Å². The number of benzene rings is 2. The third-order valence-corrected chi connectivity index (χ3v) is 5.29. The van der Waals surface area contributed by atoms with Crippen molar-refractivity contribution in [3.05, 3.63) is 47.5 Å². The Bertz CT molecular complexity index is 1300. The molecule has 11 heteroatoms. The number of amides is 1. The van der Waals surface area contributed by atoms with Gasteiger partial charge >= 0.3 is 0 Å². The number of hydrogen-bond acceptors (Lipinski definition) is 6. The highest BCUT2D eigenvalue weighted by atomic mass is 35.5. The molecule has 33 heavy (non-hydrogen) atoms. The first-order valence-corrected chi connectivity index (χ1v) is 12.5. The van der Waals surface area contributed by atoms with Crippen molar-refractivity contribution in [3.63, 3.8) is 0 Å². The average molecular weight is 494 g/mol. The summed E-state index contributed by atoms with van der Waals surface area (Å²) in [4.78, 5) is 20.7. The fraction of sp³-hybridized carbons (Fsp3) is 0.273. The molecule has 0 aliphatic rings. The van der Waals surface area contributed by atoms with Gasteiger partial charge in [0, 0.05) is 33.8 Å². The summed E-state index contributed by atoms with van der Waals surface area (Å²) in [6.45, 7) is 5.24. The SMILES string of the molecule is C=S(C)(=O)Nc1cc(Cl)c2c(Nc3ccc(F)cc3O[C@H](C)C(=O)NC(C)C)ncnc2c1. The molecule has 0 saturated carbocycles. The molecule has 8 nitrogen and oxygen atoms in total. The van der Waals surface area contributed by atoms with Gasteiger partial charge in [-0.3, -0.25) is 4.79 Å². The van der Waals surface area contributed by atoms with Crippen molar-refractivity contribution >= 4 is 61.2 Å². The van der Waals surface area contributed by atoms with Gasteiger partial charge in [0.25, 0.3) is 5.91 Å². The molecule has 0 bridgehead atoms. The molecule has 1 heterocycles. The maximum atomic E-state index is 14.0. The Morgan fingerprint density at radius 3 is 2.61 bits per heavy atom. The first-order chi connectivity index (χ1) is 15.4. The smallest absolute Gasteiger partial charge is 0.260 e. The van der Waals surface area contributed by atoms with E-state index in [1.54, 1.807) is 19.1 Å². The lowest BCUT2D eigenvalue weighted by Crippen LogP contribution is -2.40. The molecule has 1 amide bonds. The lowest BCUT2D eigenvalue weighted by atomic mass is 10.2. The molecular formula is C22H25ClFN5O3S. The molecule has 0 fully saturated rings. The predicted octanol–water partition coefficient (Wildman–Crippen LogP) is 4.13. The Morgan fingerprint density at radius 2 is 1.94 bits per heavy atom. The van der Waals surface area contributed by atoms with Gasteiger partial charge in [-0.1, -0.05) is 11.6 Å². The maximum absolute atomic E-state index is 14.0. The van der Waals surface area contributed by atoms with Gasteiger partial charge in [-0.05, 0) is 50.9 Å². The topological polar surface area (TPSA) is 105 Å². The molecule has 0 aliphatic heterocycles. The fourth-order valence-corrected chi connectivity index (χ4v) is 3.94. The van der Waals surface area contributed by atoms with Crippen LogP contribution in [0, 0.1) is 5.82 Å². The van der Waals surface area contributed by atoms with E-state index in [1.165, 1.54) is 30.8 Å². The number of anilines is 3. The second-order valence-electron chi connectivity index (χ2n) is 7.87. The molecule has 3 N–H and O–H groups in total. The van der Waals surface area contributed by atoms with Crippen molar-refractivity contribution in [3.8, 4) is 5.75 Å². The summed E-state index contributed by atoms with van der Waals surface area (Å²) >= 11 is 6.48.